The third-order valence-corrected chi connectivity index (χ3v) is 2.72. The number of oxime groups is 1. The van der Waals surface area contributed by atoms with Crippen molar-refractivity contribution in [2.75, 3.05) is 13.6 Å². The summed E-state index contributed by atoms with van der Waals surface area (Å²) in [5, 5.41) is 11.7. The van der Waals surface area contributed by atoms with Gasteiger partial charge >= 0.3 is 0 Å². The van der Waals surface area contributed by atoms with Gasteiger partial charge in [-0.05, 0) is 19.2 Å². The van der Waals surface area contributed by atoms with Gasteiger partial charge in [0, 0.05) is 30.1 Å². The van der Waals surface area contributed by atoms with Crippen LogP contribution >= 0.6 is 11.6 Å². The van der Waals surface area contributed by atoms with Crippen LogP contribution in [0.5, 0.6) is 0 Å². The summed E-state index contributed by atoms with van der Waals surface area (Å²) in [5.41, 5.74) is 5.80. The number of hydrogen-bond acceptors (Lipinski definition) is 3. The largest absolute Gasteiger partial charge is 0.409 e. The van der Waals surface area contributed by atoms with Gasteiger partial charge in [-0.15, -0.1) is 0 Å². The van der Waals surface area contributed by atoms with Crippen molar-refractivity contribution >= 4 is 17.4 Å². The van der Waals surface area contributed by atoms with Crippen LogP contribution in [0, 0.1) is 5.82 Å². The summed E-state index contributed by atoms with van der Waals surface area (Å²) in [7, 11) is 1.81. The van der Waals surface area contributed by atoms with Crippen molar-refractivity contribution < 1.29 is 9.60 Å². The van der Waals surface area contributed by atoms with Crippen LogP contribution in [0.4, 0.5) is 4.39 Å². The lowest BCUT2D eigenvalue weighted by molar-refractivity contribution is 0.308. The number of amidine groups is 1. The van der Waals surface area contributed by atoms with Gasteiger partial charge in [-0.2, -0.15) is 0 Å². The molecule has 0 radical (unpaired) electrons. The highest BCUT2D eigenvalue weighted by Gasteiger charge is 2.09. The standard InChI is InChI=1S/C11H15ClFN3O/c1-16(6-5-11(14)15-17)7-8-9(12)3-2-4-10(8)13/h2-4,17H,5-7H2,1H3,(H2,14,15). The number of benzene rings is 1. The van der Waals surface area contributed by atoms with Crippen LogP contribution in [0.15, 0.2) is 23.4 Å². The zero-order valence-corrected chi connectivity index (χ0v) is 10.3. The molecular weight excluding hydrogens is 245 g/mol. The summed E-state index contributed by atoms with van der Waals surface area (Å²) >= 11 is 5.91. The molecule has 6 heteroatoms. The topological polar surface area (TPSA) is 61.8 Å². The maximum atomic E-state index is 13.5. The Morgan fingerprint density at radius 3 is 2.88 bits per heavy atom. The molecule has 0 aromatic heterocycles. The second kappa shape index (κ2) is 6.42. The first kappa shape index (κ1) is 13.7. The SMILES string of the molecule is CN(CC/C(N)=N/O)Cc1c(F)cccc1Cl. The van der Waals surface area contributed by atoms with Gasteiger partial charge < -0.3 is 15.8 Å². The first-order chi connectivity index (χ1) is 8.04. The van der Waals surface area contributed by atoms with Gasteiger partial charge in [0.15, 0.2) is 0 Å². The Kier molecular flexibility index (Phi) is 5.18. The summed E-state index contributed by atoms with van der Waals surface area (Å²) in [6.45, 7) is 0.935. The van der Waals surface area contributed by atoms with Crippen LogP contribution in [0.3, 0.4) is 0 Å². The van der Waals surface area contributed by atoms with E-state index in [1.54, 1.807) is 12.1 Å². The molecule has 0 aliphatic carbocycles. The molecule has 94 valence electrons. The van der Waals surface area contributed by atoms with E-state index in [4.69, 9.17) is 22.5 Å². The predicted octanol–water partition coefficient (Wildman–Crippen LogP) is 2.05. The molecule has 0 fully saturated rings. The van der Waals surface area contributed by atoms with Crippen molar-refractivity contribution in [3.05, 3.63) is 34.6 Å². The van der Waals surface area contributed by atoms with Crippen LogP contribution < -0.4 is 5.73 Å². The fourth-order valence-electron chi connectivity index (χ4n) is 1.39. The van der Waals surface area contributed by atoms with Crippen molar-refractivity contribution in [3.8, 4) is 0 Å². The molecule has 4 nitrogen and oxygen atoms in total. The van der Waals surface area contributed by atoms with Crippen LogP contribution in [0.2, 0.25) is 5.02 Å². The number of halogens is 2. The van der Waals surface area contributed by atoms with Gasteiger partial charge in [-0.1, -0.05) is 22.8 Å². The van der Waals surface area contributed by atoms with Crippen LogP contribution in [0.1, 0.15) is 12.0 Å². The Bertz CT molecular complexity index is 391. The molecule has 17 heavy (non-hydrogen) atoms. The zero-order chi connectivity index (χ0) is 12.8. The fraction of sp³-hybridized carbons (Fsp3) is 0.364. The molecule has 0 heterocycles. The third-order valence-electron chi connectivity index (χ3n) is 2.37. The van der Waals surface area contributed by atoms with Crippen molar-refractivity contribution in [2.45, 2.75) is 13.0 Å². The average Bonchev–Trinajstić information content (AvgIpc) is 2.31. The summed E-state index contributed by atoms with van der Waals surface area (Å²) in [6.07, 6.45) is 0.416. The lowest BCUT2D eigenvalue weighted by atomic mass is 10.2. The number of nitrogens with zero attached hydrogens (tertiary/aromatic N) is 2. The molecule has 0 saturated heterocycles. The summed E-state index contributed by atoms with van der Waals surface area (Å²) < 4.78 is 13.5. The quantitative estimate of drug-likeness (QED) is 0.368. The van der Waals surface area contributed by atoms with Crippen LogP contribution in [0.25, 0.3) is 0 Å². The zero-order valence-electron chi connectivity index (χ0n) is 9.53. The van der Waals surface area contributed by atoms with Crippen molar-refractivity contribution in [1.82, 2.24) is 4.90 Å². The Morgan fingerprint density at radius 2 is 2.29 bits per heavy atom. The van der Waals surface area contributed by atoms with E-state index in [0.29, 0.717) is 30.1 Å². The minimum atomic E-state index is -0.326. The fourth-order valence-corrected chi connectivity index (χ4v) is 1.61. The van der Waals surface area contributed by atoms with E-state index in [2.05, 4.69) is 5.16 Å². The molecule has 0 aliphatic rings. The Morgan fingerprint density at radius 1 is 1.59 bits per heavy atom. The van der Waals surface area contributed by atoms with Gasteiger partial charge in [-0.3, -0.25) is 0 Å². The second-order valence-electron chi connectivity index (χ2n) is 3.78. The maximum Gasteiger partial charge on any atom is 0.140 e. The molecule has 0 aliphatic heterocycles. The molecule has 1 rings (SSSR count). The lowest BCUT2D eigenvalue weighted by Crippen LogP contribution is -2.25. The highest BCUT2D eigenvalue weighted by molar-refractivity contribution is 6.31. The maximum absolute atomic E-state index is 13.5. The van der Waals surface area contributed by atoms with E-state index < -0.39 is 0 Å². The van der Waals surface area contributed by atoms with Crippen LogP contribution in [-0.2, 0) is 6.54 Å². The molecule has 0 bridgehead atoms. The first-order valence-electron chi connectivity index (χ1n) is 5.12. The summed E-state index contributed by atoms with van der Waals surface area (Å²) in [4.78, 5) is 1.85. The molecule has 0 saturated carbocycles. The molecular formula is C11H15ClFN3O. The molecule has 1 aromatic carbocycles. The van der Waals surface area contributed by atoms with Crippen LogP contribution in [-0.4, -0.2) is 29.5 Å². The smallest absolute Gasteiger partial charge is 0.140 e. The summed E-state index contributed by atoms with van der Waals surface area (Å²) in [5.74, 6) is -0.176. The number of rotatable bonds is 5. The van der Waals surface area contributed by atoms with Crippen molar-refractivity contribution in [1.29, 1.82) is 0 Å². The minimum absolute atomic E-state index is 0.150. The monoisotopic (exact) mass is 259 g/mol. The van der Waals surface area contributed by atoms with E-state index >= 15 is 0 Å². The van der Waals surface area contributed by atoms with Gasteiger partial charge in [-0.25, -0.2) is 4.39 Å². The normalized spacial score (nSPS) is 12.1. The van der Waals surface area contributed by atoms with E-state index in [0.717, 1.165) is 0 Å². The molecule has 0 spiro atoms. The van der Waals surface area contributed by atoms with Gasteiger partial charge in [0.1, 0.15) is 11.7 Å². The summed E-state index contributed by atoms with van der Waals surface area (Å²) in [6, 6.07) is 4.59. The third kappa shape index (κ3) is 4.20. The van der Waals surface area contributed by atoms with E-state index in [9.17, 15) is 4.39 Å². The van der Waals surface area contributed by atoms with Gasteiger partial charge in [0.05, 0.1) is 0 Å². The van der Waals surface area contributed by atoms with Crippen molar-refractivity contribution in [2.24, 2.45) is 10.9 Å². The Hall–Kier alpha value is -1.33. The molecule has 0 atom stereocenters. The predicted molar refractivity (Wildman–Crippen MR) is 65.8 cm³/mol. The Balaban J connectivity index is 2.59. The highest BCUT2D eigenvalue weighted by atomic mass is 35.5. The van der Waals surface area contributed by atoms with Gasteiger partial charge in [0.25, 0.3) is 0 Å². The first-order valence-corrected chi connectivity index (χ1v) is 5.50. The second-order valence-corrected chi connectivity index (χ2v) is 4.19. The molecule has 3 N–H and O–H groups in total. The molecule has 1 aromatic rings. The molecule has 0 amide bonds. The van der Waals surface area contributed by atoms with E-state index in [-0.39, 0.29) is 11.7 Å². The average molecular weight is 260 g/mol. The van der Waals surface area contributed by atoms with Crippen molar-refractivity contribution in [3.63, 3.8) is 0 Å². The van der Waals surface area contributed by atoms with Gasteiger partial charge in [0.2, 0.25) is 0 Å². The number of hydrogen-bond donors (Lipinski definition) is 2. The lowest BCUT2D eigenvalue weighted by Gasteiger charge is -2.17. The molecule has 0 unspecified atom stereocenters. The van der Waals surface area contributed by atoms with E-state index in [1.807, 2.05) is 11.9 Å². The van der Waals surface area contributed by atoms with E-state index in [1.165, 1.54) is 6.07 Å². The highest BCUT2D eigenvalue weighted by Crippen LogP contribution is 2.20. The minimum Gasteiger partial charge on any atom is -0.409 e. The Labute approximate surface area is 104 Å². The number of nitrogens with two attached hydrogens (primary N) is 1.